The van der Waals surface area contributed by atoms with Crippen molar-refractivity contribution >= 4 is 18.7 Å². The average molecular weight is 425 g/mol. The third-order valence-corrected chi connectivity index (χ3v) is 12.0. The largest absolute Gasteiger partial charge is 0.400 e. The maximum absolute atomic E-state index is 7.46. The van der Waals surface area contributed by atoms with Crippen LogP contribution in [0.4, 0.5) is 0 Å². The fraction of sp³-hybridized carbons (Fsp3) is 0.520. The first-order chi connectivity index (χ1) is 14.4. The van der Waals surface area contributed by atoms with E-state index < -0.39 is 8.32 Å². The van der Waals surface area contributed by atoms with E-state index in [0.29, 0.717) is 6.61 Å². The smallest absolute Gasteiger partial charge is 0.261 e. The molecule has 162 valence electrons. The monoisotopic (exact) mass is 424 g/mol. The third kappa shape index (κ3) is 3.78. The van der Waals surface area contributed by atoms with Crippen LogP contribution < -0.4 is 15.7 Å². The van der Waals surface area contributed by atoms with E-state index in [1.54, 1.807) is 0 Å². The summed E-state index contributed by atoms with van der Waals surface area (Å²) in [6.07, 6.45) is 0.0434. The number of hydrogen-bond donors (Lipinski definition) is 1. The molecule has 2 aliphatic heterocycles. The zero-order chi connectivity index (χ0) is 21.2. The van der Waals surface area contributed by atoms with E-state index in [-0.39, 0.29) is 16.7 Å². The highest BCUT2D eigenvalue weighted by Crippen LogP contribution is 2.40. The Morgan fingerprint density at radius 1 is 0.967 bits per heavy atom. The van der Waals surface area contributed by atoms with Crippen LogP contribution in [0.3, 0.4) is 0 Å². The summed E-state index contributed by atoms with van der Waals surface area (Å²) in [6, 6.07) is 21.9. The van der Waals surface area contributed by atoms with Crippen molar-refractivity contribution in [2.75, 3.05) is 39.4 Å². The summed E-state index contributed by atoms with van der Waals surface area (Å²) >= 11 is 0. The van der Waals surface area contributed by atoms with Crippen LogP contribution in [0.15, 0.2) is 60.7 Å². The van der Waals surface area contributed by atoms with Gasteiger partial charge >= 0.3 is 0 Å². The maximum atomic E-state index is 7.46. The number of piperazine rings is 1. The summed E-state index contributed by atoms with van der Waals surface area (Å²) in [4.78, 5) is 2.58. The lowest BCUT2D eigenvalue weighted by Gasteiger charge is -2.49. The van der Waals surface area contributed by atoms with Gasteiger partial charge in [0, 0.05) is 26.2 Å². The molecule has 0 aliphatic carbocycles. The standard InChI is InChI=1S/C25H36N2O2Si/c1-24(2,3)30(21-11-7-5-8-12-21,22-13-9-6-10-14-22)29-23-19-28-20-25(23,4)27-17-15-26-16-18-27/h5-14,23,26H,15-20H2,1-4H3. The van der Waals surface area contributed by atoms with Gasteiger partial charge in [-0.15, -0.1) is 0 Å². The molecule has 2 saturated heterocycles. The molecule has 4 rings (SSSR count). The van der Waals surface area contributed by atoms with Crippen LogP contribution >= 0.6 is 0 Å². The summed E-state index contributed by atoms with van der Waals surface area (Å²) in [6.45, 7) is 14.9. The number of ether oxygens (including phenoxy) is 1. The zero-order valence-electron chi connectivity index (χ0n) is 18.9. The fourth-order valence-corrected chi connectivity index (χ4v) is 9.94. The first-order valence-corrected chi connectivity index (χ1v) is 13.1. The number of benzene rings is 2. The summed E-state index contributed by atoms with van der Waals surface area (Å²) in [5.74, 6) is 0. The zero-order valence-corrected chi connectivity index (χ0v) is 19.9. The molecule has 0 bridgehead atoms. The van der Waals surface area contributed by atoms with Gasteiger partial charge in [0.1, 0.15) is 0 Å². The van der Waals surface area contributed by atoms with Gasteiger partial charge in [0.15, 0.2) is 0 Å². The molecule has 2 heterocycles. The van der Waals surface area contributed by atoms with Gasteiger partial charge in [0.25, 0.3) is 8.32 Å². The molecule has 2 aromatic carbocycles. The molecule has 1 N–H and O–H groups in total. The van der Waals surface area contributed by atoms with Crippen molar-refractivity contribution in [2.45, 2.75) is 44.4 Å². The van der Waals surface area contributed by atoms with Gasteiger partial charge in [-0.3, -0.25) is 4.90 Å². The predicted molar refractivity (Wildman–Crippen MR) is 126 cm³/mol. The molecule has 2 fully saturated rings. The van der Waals surface area contributed by atoms with Crippen molar-refractivity contribution in [1.82, 2.24) is 10.2 Å². The van der Waals surface area contributed by atoms with E-state index in [9.17, 15) is 0 Å². The quantitative estimate of drug-likeness (QED) is 0.748. The Kier molecular flexibility index (Phi) is 6.20. The van der Waals surface area contributed by atoms with Crippen molar-refractivity contribution in [2.24, 2.45) is 0 Å². The number of nitrogens with zero attached hydrogens (tertiary/aromatic N) is 1. The molecule has 30 heavy (non-hydrogen) atoms. The highest BCUT2D eigenvalue weighted by atomic mass is 28.4. The topological polar surface area (TPSA) is 33.7 Å². The average Bonchev–Trinajstić information content (AvgIpc) is 3.14. The van der Waals surface area contributed by atoms with E-state index in [0.717, 1.165) is 32.8 Å². The fourth-order valence-electron chi connectivity index (χ4n) is 5.18. The lowest BCUT2D eigenvalue weighted by molar-refractivity contribution is 0.0126. The molecule has 0 aromatic heterocycles. The highest BCUT2D eigenvalue weighted by molar-refractivity contribution is 6.99. The van der Waals surface area contributed by atoms with E-state index in [4.69, 9.17) is 9.16 Å². The Labute approximate surface area is 182 Å². The van der Waals surface area contributed by atoms with E-state index >= 15 is 0 Å². The molecule has 0 radical (unpaired) electrons. The number of rotatable bonds is 5. The Morgan fingerprint density at radius 2 is 1.50 bits per heavy atom. The van der Waals surface area contributed by atoms with Gasteiger partial charge in [-0.2, -0.15) is 0 Å². The van der Waals surface area contributed by atoms with Crippen LogP contribution in [0.25, 0.3) is 0 Å². The predicted octanol–water partition coefficient (Wildman–Crippen LogP) is 2.63. The minimum atomic E-state index is -2.59. The van der Waals surface area contributed by atoms with E-state index in [1.165, 1.54) is 10.4 Å². The second-order valence-electron chi connectivity index (χ2n) is 9.88. The summed E-state index contributed by atoms with van der Waals surface area (Å²) in [5, 5.41) is 6.12. The van der Waals surface area contributed by atoms with Gasteiger partial charge < -0.3 is 14.5 Å². The van der Waals surface area contributed by atoms with Crippen LogP contribution in [0.2, 0.25) is 5.04 Å². The lowest BCUT2D eigenvalue weighted by atomic mass is 9.95. The minimum absolute atomic E-state index is 0.0251. The van der Waals surface area contributed by atoms with E-state index in [1.807, 2.05) is 0 Å². The summed E-state index contributed by atoms with van der Waals surface area (Å²) in [5.41, 5.74) is -0.102. The summed E-state index contributed by atoms with van der Waals surface area (Å²) in [7, 11) is -2.59. The third-order valence-electron chi connectivity index (χ3n) is 6.93. The molecule has 2 aliphatic rings. The van der Waals surface area contributed by atoms with Crippen molar-refractivity contribution in [3.05, 3.63) is 60.7 Å². The molecular weight excluding hydrogens is 388 g/mol. The molecule has 5 heteroatoms. The van der Waals surface area contributed by atoms with Crippen LogP contribution in [-0.2, 0) is 9.16 Å². The Balaban J connectivity index is 1.80. The van der Waals surface area contributed by atoms with Gasteiger partial charge in [0.2, 0.25) is 0 Å². The lowest BCUT2D eigenvalue weighted by Crippen LogP contribution is -2.71. The van der Waals surface area contributed by atoms with Crippen molar-refractivity contribution in [3.8, 4) is 0 Å². The van der Waals surface area contributed by atoms with E-state index in [2.05, 4.69) is 98.6 Å². The minimum Gasteiger partial charge on any atom is -0.400 e. The second kappa shape index (κ2) is 8.56. The van der Waals surface area contributed by atoms with Crippen molar-refractivity contribution < 1.29 is 9.16 Å². The SMILES string of the molecule is CC1(N2CCNCC2)COCC1O[Si](c1ccccc1)(c1ccccc1)C(C)(C)C. The number of hydrogen-bond acceptors (Lipinski definition) is 4. The maximum Gasteiger partial charge on any atom is 0.261 e. The molecule has 2 unspecified atom stereocenters. The van der Waals surface area contributed by atoms with Crippen LogP contribution in [-0.4, -0.2) is 64.3 Å². The molecule has 4 nitrogen and oxygen atoms in total. The van der Waals surface area contributed by atoms with Crippen molar-refractivity contribution in [1.29, 1.82) is 0 Å². The van der Waals surface area contributed by atoms with Crippen LogP contribution in [0, 0.1) is 0 Å². The van der Waals surface area contributed by atoms with Crippen LogP contribution in [0.5, 0.6) is 0 Å². The molecule has 2 atom stereocenters. The number of nitrogens with one attached hydrogen (secondary N) is 1. The second-order valence-corrected chi connectivity index (χ2v) is 14.1. The highest BCUT2D eigenvalue weighted by Gasteiger charge is 2.56. The molecular formula is C25H36N2O2Si. The molecule has 2 aromatic rings. The van der Waals surface area contributed by atoms with Gasteiger partial charge in [-0.25, -0.2) is 0 Å². The molecule has 0 saturated carbocycles. The van der Waals surface area contributed by atoms with Gasteiger partial charge in [-0.1, -0.05) is 81.4 Å². The van der Waals surface area contributed by atoms with Gasteiger partial charge in [-0.05, 0) is 22.3 Å². The molecule has 0 spiro atoms. The van der Waals surface area contributed by atoms with Gasteiger partial charge in [0.05, 0.1) is 24.9 Å². The Morgan fingerprint density at radius 3 is 2.00 bits per heavy atom. The van der Waals surface area contributed by atoms with Crippen molar-refractivity contribution in [3.63, 3.8) is 0 Å². The normalized spacial score (nSPS) is 26.1. The Hall–Kier alpha value is -1.50. The van der Waals surface area contributed by atoms with Crippen LogP contribution in [0.1, 0.15) is 27.7 Å². The first kappa shape index (κ1) is 21.7. The molecule has 0 amide bonds. The summed E-state index contributed by atoms with van der Waals surface area (Å²) < 4.78 is 13.5. The Bertz CT molecular complexity index is 779. The first-order valence-electron chi connectivity index (χ1n) is 11.2.